The number of fused-ring (bicyclic) bond motifs is 1. The molecule has 0 bridgehead atoms. The summed E-state index contributed by atoms with van der Waals surface area (Å²) in [6.07, 6.45) is 5.53. The van der Waals surface area contributed by atoms with Crippen LogP contribution in [0.1, 0.15) is 28.5 Å². The third-order valence-electron chi connectivity index (χ3n) is 5.10. The molecule has 1 atom stereocenters. The van der Waals surface area contributed by atoms with E-state index < -0.39 is 10.0 Å². The first kappa shape index (κ1) is 19.4. The minimum absolute atomic E-state index is 0.0976. The van der Waals surface area contributed by atoms with Crippen LogP contribution >= 0.6 is 0 Å². The van der Waals surface area contributed by atoms with Gasteiger partial charge in [-0.15, -0.1) is 0 Å². The van der Waals surface area contributed by atoms with Crippen molar-refractivity contribution in [2.24, 2.45) is 7.05 Å². The predicted molar refractivity (Wildman–Crippen MR) is 110 cm³/mol. The molecule has 150 valence electrons. The van der Waals surface area contributed by atoms with Crippen LogP contribution in [0, 0.1) is 13.8 Å². The minimum atomic E-state index is -3.77. The second-order valence-electron chi connectivity index (χ2n) is 7.06. The summed E-state index contributed by atoms with van der Waals surface area (Å²) in [5.41, 5.74) is 3.41. The summed E-state index contributed by atoms with van der Waals surface area (Å²) in [6.45, 7) is 3.40. The Morgan fingerprint density at radius 3 is 2.66 bits per heavy atom. The van der Waals surface area contributed by atoms with Gasteiger partial charge in [0.05, 0.1) is 0 Å². The highest BCUT2D eigenvalue weighted by Gasteiger charge is 2.27. The Bertz CT molecular complexity index is 1240. The van der Waals surface area contributed by atoms with E-state index in [0.717, 1.165) is 22.0 Å². The number of benzene rings is 1. The van der Waals surface area contributed by atoms with Crippen molar-refractivity contribution in [1.82, 2.24) is 19.4 Å². The molecule has 0 saturated carbocycles. The van der Waals surface area contributed by atoms with E-state index in [1.807, 2.05) is 43.6 Å². The lowest BCUT2D eigenvalue weighted by atomic mass is 9.92. The molecule has 7 nitrogen and oxygen atoms in total. The van der Waals surface area contributed by atoms with Crippen molar-refractivity contribution in [3.8, 4) is 0 Å². The number of hydrogen-bond acceptors (Lipinski definition) is 5. The van der Waals surface area contributed by atoms with E-state index >= 15 is 0 Å². The molecule has 0 amide bonds. The van der Waals surface area contributed by atoms with Crippen LogP contribution in [-0.2, 0) is 17.1 Å². The Balaban J connectivity index is 1.75. The number of aromatic nitrogens is 3. The van der Waals surface area contributed by atoms with Crippen LogP contribution in [0.25, 0.3) is 10.9 Å². The molecule has 3 aromatic heterocycles. The van der Waals surface area contributed by atoms with Crippen LogP contribution in [0.2, 0.25) is 0 Å². The zero-order chi connectivity index (χ0) is 20.6. The average Bonchev–Trinajstić information content (AvgIpc) is 3.23. The number of aryl methyl sites for hydroxylation is 3. The number of pyridine rings is 1. The van der Waals surface area contributed by atoms with Gasteiger partial charge in [-0.3, -0.25) is 4.98 Å². The van der Waals surface area contributed by atoms with Crippen molar-refractivity contribution in [2.45, 2.75) is 24.7 Å². The lowest BCUT2D eigenvalue weighted by Crippen LogP contribution is -2.29. The van der Waals surface area contributed by atoms with Crippen molar-refractivity contribution < 1.29 is 12.9 Å². The van der Waals surface area contributed by atoms with Gasteiger partial charge in [0.1, 0.15) is 10.6 Å². The lowest BCUT2D eigenvalue weighted by Gasteiger charge is -2.18. The highest BCUT2D eigenvalue weighted by atomic mass is 32.2. The predicted octanol–water partition coefficient (Wildman–Crippen LogP) is 3.29. The third kappa shape index (κ3) is 3.56. The van der Waals surface area contributed by atoms with Crippen LogP contribution in [0.4, 0.5) is 0 Å². The summed E-state index contributed by atoms with van der Waals surface area (Å²) < 4.78 is 35.7. The topological polar surface area (TPSA) is 90.0 Å². The molecule has 0 aliphatic carbocycles. The number of nitrogens with one attached hydrogen (secondary N) is 1. The molecule has 1 aromatic carbocycles. The second kappa shape index (κ2) is 7.46. The van der Waals surface area contributed by atoms with Crippen molar-refractivity contribution in [3.63, 3.8) is 0 Å². The number of hydrogen-bond donors (Lipinski definition) is 1. The fourth-order valence-electron chi connectivity index (χ4n) is 3.76. The van der Waals surface area contributed by atoms with Crippen LogP contribution in [0.3, 0.4) is 0 Å². The van der Waals surface area contributed by atoms with E-state index in [1.54, 1.807) is 26.2 Å². The van der Waals surface area contributed by atoms with E-state index in [2.05, 4.69) is 25.5 Å². The molecule has 0 aliphatic rings. The van der Waals surface area contributed by atoms with Gasteiger partial charge in [0.15, 0.2) is 5.76 Å². The number of nitrogens with zero attached hydrogens (tertiary/aromatic N) is 3. The normalized spacial score (nSPS) is 13.1. The lowest BCUT2D eigenvalue weighted by molar-refractivity contribution is 0.390. The first-order valence-corrected chi connectivity index (χ1v) is 10.7. The van der Waals surface area contributed by atoms with Gasteiger partial charge in [0.2, 0.25) is 10.0 Å². The molecule has 29 heavy (non-hydrogen) atoms. The summed E-state index contributed by atoms with van der Waals surface area (Å²) in [5.74, 6) is 0.0723. The first-order valence-electron chi connectivity index (χ1n) is 9.25. The summed E-state index contributed by atoms with van der Waals surface area (Å²) >= 11 is 0. The monoisotopic (exact) mass is 410 g/mol. The van der Waals surface area contributed by atoms with E-state index in [0.29, 0.717) is 5.69 Å². The second-order valence-corrected chi connectivity index (χ2v) is 8.76. The maximum Gasteiger partial charge on any atom is 0.245 e. The fraction of sp³-hybridized carbons (Fsp3) is 0.238. The van der Waals surface area contributed by atoms with Gasteiger partial charge < -0.3 is 9.09 Å². The molecule has 3 heterocycles. The largest absolute Gasteiger partial charge is 0.360 e. The summed E-state index contributed by atoms with van der Waals surface area (Å²) in [6, 6.07) is 11.9. The molecule has 0 unspecified atom stereocenters. The third-order valence-corrected chi connectivity index (χ3v) is 6.77. The molecule has 4 rings (SSSR count). The maximum atomic E-state index is 12.9. The van der Waals surface area contributed by atoms with Crippen LogP contribution in [-0.4, -0.2) is 29.7 Å². The molecular formula is C21H22N4O3S. The van der Waals surface area contributed by atoms with E-state index in [4.69, 9.17) is 4.52 Å². The van der Waals surface area contributed by atoms with Gasteiger partial charge in [-0.1, -0.05) is 29.4 Å². The summed E-state index contributed by atoms with van der Waals surface area (Å²) in [4.78, 5) is 4.33. The Kier molecular flexibility index (Phi) is 4.97. The Morgan fingerprint density at radius 1 is 1.17 bits per heavy atom. The first-order chi connectivity index (χ1) is 13.9. The van der Waals surface area contributed by atoms with Gasteiger partial charge in [-0.05, 0) is 37.1 Å². The SMILES string of the molecule is Cc1noc(C)c1S(=O)(=O)NC[C@@H](c1cccnc1)c1cn(C)c2ccccc12. The molecule has 0 aliphatic heterocycles. The van der Waals surface area contributed by atoms with Crippen LogP contribution < -0.4 is 4.72 Å². The molecule has 0 fully saturated rings. The zero-order valence-electron chi connectivity index (χ0n) is 16.5. The van der Waals surface area contributed by atoms with Gasteiger partial charge in [-0.25, -0.2) is 13.1 Å². The maximum absolute atomic E-state index is 12.9. The summed E-state index contributed by atoms with van der Waals surface area (Å²) in [5, 5.41) is 4.85. The van der Waals surface area contributed by atoms with Crippen LogP contribution in [0.5, 0.6) is 0 Å². The van der Waals surface area contributed by atoms with E-state index in [-0.39, 0.29) is 23.1 Å². The zero-order valence-corrected chi connectivity index (χ0v) is 17.3. The summed E-state index contributed by atoms with van der Waals surface area (Å²) in [7, 11) is -1.78. The van der Waals surface area contributed by atoms with Crippen LogP contribution in [0.15, 0.2) is 64.4 Å². The Hall–Kier alpha value is -2.97. The highest BCUT2D eigenvalue weighted by molar-refractivity contribution is 7.89. The Labute approximate surface area is 169 Å². The highest BCUT2D eigenvalue weighted by Crippen LogP contribution is 2.32. The molecule has 4 aromatic rings. The molecule has 0 saturated heterocycles. The van der Waals surface area contributed by atoms with E-state index in [9.17, 15) is 8.42 Å². The molecule has 1 N–H and O–H groups in total. The number of sulfonamides is 1. The van der Waals surface area contributed by atoms with Gasteiger partial charge in [0, 0.05) is 49.0 Å². The Morgan fingerprint density at radius 2 is 1.97 bits per heavy atom. The standard InChI is InChI=1S/C21H22N4O3S/c1-14-21(15(2)28-24-14)29(26,27)23-12-18(16-7-6-10-22-11-16)19-13-25(3)20-9-5-4-8-17(19)20/h4-11,13,18,23H,12H2,1-3H3/t18-/m0/s1. The average molecular weight is 410 g/mol. The molecule has 0 radical (unpaired) electrons. The molecule has 8 heteroatoms. The van der Waals surface area contributed by atoms with Crippen molar-refractivity contribution in [3.05, 3.63) is 77.6 Å². The van der Waals surface area contributed by atoms with Gasteiger partial charge in [0.25, 0.3) is 0 Å². The quantitative estimate of drug-likeness (QED) is 0.527. The van der Waals surface area contributed by atoms with Crippen molar-refractivity contribution in [1.29, 1.82) is 0 Å². The van der Waals surface area contributed by atoms with Crippen molar-refractivity contribution >= 4 is 20.9 Å². The van der Waals surface area contributed by atoms with Crippen molar-refractivity contribution in [2.75, 3.05) is 6.54 Å². The number of para-hydroxylation sites is 1. The smallest absolute Gasteiger partial charge is 0.245 e. The van der Waals surface area contributed by atoms with Gasteiger partial charge in [-0.2, -0.15) is 0 Å². The van der Waals surface area contributed by atoms with Gasteiger partial charge >= 0.3 is 0 Å². The van der Waals surface area contributed by atoms with E-state index in [1.165, 1.54) is 0 Å². The fourth-order valence-corrected chi connectivity index (χ4v) is 5.14. The minimum Gasteiger partial charge on any atom is -0.360 e. The molecule has 0 spiro atoms. The molecular weight excluding hydrogens is 388 g/mol. The number of rotatable bonds is 6.